The van der Waals surface area contributed by atoms with Gasteiger partial charge in [-0.25, -0.2) is 0 Å². The van der Waals surface area contributed by atoms with Crippen LogP contribution in [0.15, 0.2) is 0 Å². The van der Waals surface area contributed by atoms with Crippen LogP contribution in [0.3, 0.4) is 0 Å². The average molecular weight is 244 g/mol. The summed E-state index contributed by atoms with van der Waals surface area (Å²) < 4.78 is 5.29. The van der Waals surface area contributed by atoms with Crippen molar-refractivity contribution in [1.29, 1.82) is 0 Å². The van der Waals surface area contributed by atoms with Gasteiger partial charge < -0.3 is 20.1 Å². The summed E-state index contributed by atoms with van der Waals surface area (Å²) in [6.07, 6.45) is 3.04. The van der Waals surface area contributed by atoms with Crippen LogP contribution in [-0.2, 0) is 9.53 Å². The number of nitrogens with zero attached hydrogens (tertiary/aromatic N) is 1. The second-order valence-corrected chi connectivity index (χ2v) is 4.87. The molecule has 1 heterocycles. The van der Waals surface area contributed by atoms with E-state index < -0.39 is 0 Å². The normalized spacial score (nSPS) is 19.0. The maximum atomic E-state index is 11.4. The van der Waals surface area contributed by atoms with Gasteiger partial charge in [0.05, 0.1) is 6.61 Å². The molecule has 0 atom stereocenters. The van der Waals surface area contributed by atoms with Crippen molar-refractivity contribution in [3.05, 3.63) is 0 Å². The van der Waals surface area contributed by atoms with Crippen molar-refractivity contribution in [2.75, 3.05) is 40.5 Å². The van der Waals surface area contributed by atoms with Gasteiger partial charge >= 0.3 is 0 Å². The predicted octanol–water partition coefficient (Wildman–Crippen LogP) is -0.0141. The number of aliphatic hydroxyl groups excluding tert-OH is 1. The fraction of sp³-hybridized carbons (Fsp3) is 0.917. The first kappa shape index (κ1) is 14.4. The standard InChI is InChI=1S/C12H24N2O3/c1-14(2)11(16)4-3-7-13-12(10-15)5-8-17-9-6-12/h13,15H,3-10H2,1-2H3. The number of nitrogens with one attached hydrogen (secondary N) is 1. The molecule has 5 nitrogen and oxygen atoms in total. The molecule has 100 valence electrons. The highest BCUT2D eigenvalue weighted by atomic mass is 16.5. The van der Waals surface area contributed by atoms with E-state index in [-0.39, 0.29) is 18.1 Å². The number of aliphatic hydroxyl groups is 1. The predicted molar refractivity (Wildman–Crippen MR) is 65.8 cm³/mol. The molecule has 1 fully saturated rings. The lowest BCUT2D eigenvalue weighted by atomic mass is 9.91. The monoisotopic (exact) mass is 244 g/mol. The van der Waals surface area contributed by atoms with E-state index in [1.54, 1.807) is 19.0 Å². The molecular weight excluding hydrogens is 220 g/mol. The number of hydrogen-bond acceptors (Lipinski definition) is 4. The fourth-order valence-corrected chi connectivity index (χ4v) is 1.97. The van der Waals surface area contributed by atoms with Crippen molar-refractivity contribution >= 4 is 5.91 Å². The maximum absolute atomic E-state index is 11.4. The Balaban J connectivity index is 2.22. The smallest absolute Gasteiger partial charge is 0.222 e. The van der Waals surface area contributed by atoms with Crippen LogP contribution in [0.25, 0.3) is 0 Å². The van der Waals surface area contributed by atoms with Gasteiger partial charge in [-0.2, -0.15) is 0 Å². The Labute approximate surface area is 103 Å². The van der Waals surface area contributed by atoms with Crippen molar-refractivity contribution in [2.24, 2.45) is 0 Å². The number of rotatable bonds is 6. The number of ether oxygens (including phenoxy) is 1. The largest absolute Gasteiger partial charge is 0.394 e. The van der Waals surface area contributed by atoms with Crippen LogP contribution in [0.4, 0.5) is 0 Å². The molecule has 0 bridgehead atoms. The van der Waals surface area contributed by atoms with Crippen LogP contribution >= 0.6 is 0 Å². The number of amides is 1. The highest BCUT2D eigenvalue weighted by molar-refractivity contribution is 5.75. The van der Waals surface area contributed by atoms with Gasteiger partial charge in [0.2, 0.25) is 5.91 Å². The molecule has 0 aromatic rings. The lowest BCUT2D eigenvalue weighted by Crippen LogP contribution is -2.52. The summed E-state index contributed by atoms with van der Waals surface area (Å²) in [5.41, 5.74) is -0.195. The Hall–Kier alpha value is -0.650. The molecule has 1 saturated heterocycles. The van der Waals surface area contributed by atoms with E-state index in [1.165, 1.54) is 0 Å². The van der Waals surface area contributed by atoms with Crippen LogP contribution in [0, 0.1) is 0 Å². The lowest BCUT2D eigenvalue weighted by Gasteiger charge is -2.36. The van der Waals surface area contributed by atoms with Crippen LogP contribution in [0.1, 0.15) is 25.7 Å². The van der Waals surface area contributed by atoms with Crippen LogP contribution in [-0.4, -0.2) is 61.9 Å². The van der Waals surface area contributed by atoms with Gasteiger partial charge in [0.15, 0.2) is 0 Å². The molecule has 0 unspecified atom stereocenters. The van der Waals surface area contributed by atoms with Gasteiger partial charge in [-0.3, -0.25) is 4.79 Å². The van der Waals surface area contributed by atoms with E-state index >= 15 is 0 Å². The number of carbonyl (C=O) groups excluding carboxylic acids is 1. The van der Waals surface area contributed by atoms with Crippen molar-refractivity contribution in [3.8, 4) is 0 Å². The minimum Gasteiger partial charge on any atom is -0.394 e. The molecule has 0 saturated carbocycles. The third-order valence-corrected chi connectivity index (χ3v) is 3.32. The summed E-state index contributed by atoms with van der Waals surface area (Å²) in [5.74, 6) is 0.150. The fourth-order valence-electron chi connectivity index (χ4n) is 1.97. The highest BCUT2D eigenvalue weighted by Crippen LogP contribution is 2.19. The molecule has 17 heavy (non-hydrogen) atoms. The minimum absolute atomic E-state index is 0.137. The topological polar surface area (TPSA) is 61.8 Å². The molecule has 0 aromatic heterocycles. The van der Waals surface area contributed by atoms with E-state index in [1.807, 2.05) is 0 Å². The van der Waals surface area contributed by atoms with Crippen LogP contribution in [0.2, 0.25) is 0 Å². The summed E-state index contributed by atoms with van der Waals surface area (Å²) in [5, 5.41) is 12.8. The van der Waals surface area contributed by atoms with Crippen molar-refractivity contribution < 1.29 is 14.6 Å². The molecule has 2 N–H and O–H groups in total. The van der Waals surface area contributed by atoms with Gasteiger partial charge in [0.25, 0.3) is 0 Å². The van der Waals surface area contributed by atoms with E-state index in [0.29, 0.717) is 19.6 Å². The Morgan fingerprint density at radius 1 is 1.41 bits per heavy atom. The van der Waals surface area contributed by atoms with Gasteiger partial charge in [-0.15, -0.1) is 0 Å². The average Bonchev–Trinajstić information content (AvgIpc) is 2.35. The molecule has 0 radical (unpaired) electrons. The first-order valence-electron chi connectivity index (χ1n) is 6.23. The van der Waals surface area contributed by atoms with Gasteiger partial charge in [0, 0.05) is 39.3 Å². The Morgan fingerprint density at radius 3 is 2.59 bits per heavy atom. The van der Waals surface area contributed by atoms with E-state index in [2.05, 4.69) is 5.32 Å². The molecule has 0 aliphatic carbocycles. The number of hydrogen-bond donors (Lipinski definition) is 2. The van der Waals surface area contributed by atoms with E-state index in [0.717, 1.165) is 25.8 Å². The number of carbonyl (C=O) groups is 1. The molecule has 1 rings (SSSR count). The molecule has 0 aromatic carbocycles. The third-order valence-electron chi connectivity index (χ3n) is 3.32. The Kier molecular flexibility index (Phi) is 5.88. The SMILES string of the molecule is CN(C)C(=O)CCCNC1(CO)CCOCC1. The van der Waals surface area contributed by atoms with E-state index in [4.69, 9.17) is 4.74 Å². The van der Waals surface area contributed by atoms with Crippen LogP contribution < -0.4 is 5.32 Å². The molecule has 1 amide bonds. The van der Waals surface area contributed by atoms with Crippen molar-refractivity contribution in [1.82, 2.24) is 10.2 Å². The summed E-state index contributed by atoms with van der Waals surface area (Å²) >= 11 is 0. The lowest BCUT2D eigenvalue weighted by molar-refractivity contribution is -0.128. The summed E-state index contributed by atoms with van der Waals surface area (Å²) in [4.78, 5) is 13.0. The van der Waals surface area contributed by atoms with E-state index in [9.17, 15) is 9.90 Å². The molecule has 1 aliphatic heterocycles. The first-order chi connectivity index (χ1) is 8.09. The summed E-state index contributed by atoms with van der Waals surface area (Å²) in [7, 11) is 3.53. The first-order valence-corrected chi connectivity index (χ1v) is 6.23. The zero-order valence-electron chi connectivity index (χ0n) is 10.9. The van der Waals surface area contributed by atoms with Crippen LogP contribution in [0.5, 0.6) is 0 Å². The molecular formula is C12H24N2O3. The zero-order chi connectivity index (χ0) is 12.7. The minimum atomic E-state index is -0.195. The second kappa shape index (κ2) is 6.93. The Bertz CT molecular complexity index is 238. The molecule has 0 spiro atoms. The maximum Gasteiger partial charge on any atom is 0.222 e. The Morgan fingerprint density at radius 2 is 2.06 bits per heavy atom. The molecule has 5 heteroatoms. The van der Waals surface area contributed by atoms with Gasteiger partial charge in [-0.05, 0) is 25.8 Å². The second-order valence-electron chi connectivity index (χ2n) is 4.87. The van der Waals surface area contributed by atoms with Crippen molar-refractivity contribution in [2.45, 2.75) is 31.2 Å². The molecule has 1 aliphatic rings. The van der Waals surface area contributed by atoms with Gasteiger partial charge in [-0.1, -0.05) is 0 Å². The van der Waals surface area contributed by atoms with Crippen molar-refractivity contribution in [3.63, 3.8) is 0 Å². The zero-order valence-corrected chi connectivity index (χ0v) is 10.9. The third kappa shape index (κ3) is 4.61. The quantitative estimate of drug-likeness (QED) is 0.645. The highest BCUT2D eigenvalue weighted by Gasteiger charge is 2.30. The summed E-state index contributed by atoms with van der Waals surface area (Å²) in [6.45, 7) is 2.30. The van der Waals surface area contributed by atoms with Gasteiger partial charge in [0.1, 0.15) is 0 Å². The summed E-state index contributed by atoms with van der Waals surface area (Å²) in [6, 6.07) is 0.